The number of aliphatic imine (C=N–C) groups is 1. The van der Waals surface area contributed by atoms with Crippen LogP contribution in [0.4, 0.5) is 0 Å². The van der Waals surface area contributed by atoms with Crippen LogP contribution in [0.1, 0.15) is 38.5 Å². The number of likely N-dealkylation sites (N-methyl/N-ethyl adjacent to an activating group) is 1. The number of ether oxygens (including phenoxy) is 1. The Morgan fingerprint density at radius 1 is 1.26 bits per heavy atom. The van der Waals surface area contributed by atoms with Gasteiger partial charge in [-0.3, -0.25) is 9.79 Å². The van der Waals surface area contributed by atoms with Gasteiger partial charge in [0.05, 0.1) is 13.0 Å². The molecule has 2 aliphatic rings. The quantitative estimate of drug-likeness (QED) is 0.470. The molecule has 0 aromatic carbocycles. The topological polar surface area (TPSA) is 57.2 Å². The molecule has 0 aromatic heterocycles. The van der Waals surface area contributed by atoms with Crippen molar-refractivity contribution >= 4 is 11.9 Å². The van der Waals surface area contributed by atoms with Crippen molar-refractivity contribution in [2.24, 2.45) is 10.9 Å². The van der Waals surface area contributed by atoms with Gasteiger partial charge in [-0.05, 0) is 32.7 Å². The van der Waals surface area contributed by atoms with E-state index in [1.54, 1.807) is 0 Å². The van der Waals surface area contributed by atoms with Gasteiger partial charge in [-0.25, -0.2) is 0 Å². The zero-order valence-corrected chi connectivity index (χ0v) is 14.9. The van der Waals surface area contributed by atoms with Gasteiger partial charge in [0.25, 0.3) is 0 Å². The second-order valence-electron chi connectivity index (χ2n) is 6.68. The van der Waals surface area contributed by atoms with Crippen LogP contribution in [0.25, 0.3) is 0 Å². The number of nitrogens with one attached hydrogen (secondary N) is 1. The van der Waals surface area contributed by atoms with Gasteiger partial charge in [-0.2, -0.15) is 0 Å². The van der Waals surface area contributed by atoms with E-state index >= 15 is 0 Å². The first-order valence-electron chi connectivity index (χ1n) is 8.89. The fourth-order valence-electron chi connectivity index (χ4n) is 3.70. The molecule has 6 nitrogen and oxygen atoms in total. The smallest absolute Gasteiger partial charge is 0.308 e. The van der Waals surface area contributed by atoms with Gasteiger partial charge in [-0.1, -0.05) is 12.8 Å². The van der Waals surface area contributed by atoms with E-state index in [0.29, 0.717) is 0 Å². The SMILES string of the molecule is CN=C(NCCN(C)C1CCCC1)N1CCC(C(=O)OC)CC1. The maximum Gasteiger partial charge on any atom is 0.308 e. The normalized spacial score (nSPS) is 21.0. The summed E-state index contributed by atoms with van der Waals surface area (Å²) in [5.41, 5.74) is 0. The molecule has 0 aromatic rings. The van der Waals surface area contributed by atoms with Crippen molar-refractivity contribution in [2.45, 2.75) is 44.6 Å². The molecule has 1 saturated carbocycles. The molecule has 1 aliphatic carbocycles. The van der Waals surface area contributed by atoms with Crippen molar-refractivity contribution in [3.8, 4) is 0 Å². The standard InChI is InChI=1S/C17H32N4O2/c1-18-17(19-10-13-20(2)15-6-4-5-7-15)21-11-8-14(9-12-21)16(22)23-3/h14-15H,4-13H2,1-3H3,(H,18,19). The molecule has 6 heteroatoms. The molecule has 0 bridgehead atoms. The number of nitrogens with zero attached hydrogens (tertiary/aromatic N) is 3. The lowest BCUT2D eigenvalue weighted by molar-refractivity contribution is -0.146. The molecule has 0 radical (unpaired) electrons. The van der Waals surface area contributed by atoms with E-state index in [0.717, 1.165) is 51.0 Å². The van der Waals surface area contributed by atoms with Gasteiger partial charge in [0.1, 0.15) is 0 Å². The number of piperidine rings is 1. The summed E-state index contributed by atoms with van der Waals surface area (Å²) in [5.74, 6) is 0.918. The van der Waals surface area contributed by atoms with E-state index in [1.807, 2.05) is 7.05 Å². The van der Waals surface area contributed by atoms with E-state index < -0.39 is 0 Å². The molecule has 1 N–H and O–H groups in total. The van der Waals surface area contributed by atoms with Gasteiger partial charge >= 0.3 is 5.97 Å². The van der Waals surface area contributed by atoms with E-state index in [9.17, 15) is 4.79 Å². The Bertz CT molecular complexity index is 399. The first kappa shape index (κ1) is 18.0. The Hall–Kier alpha value is -1.30. The second kappa shape index (κ2) is 9.11. The summed E-state index contributed by atoms with van der Waals surface area (Å²) in [6.07, 6.45) is 7.11. The Labute approximate surface area is 140 Å². The molecule has 1 saturated heterocycles. The van der Waals surface area contributed by atoms with Crippen LogP contribution in [0.2, 0.25) is 0 Å². The Morgan fingerprint density at radius 2 is 1.91 bits per heavy atom. The maximum absolute atomic E-state index is 11.6. The number of likely N-dealkylation sites (tertiary alicyclic amines) is 1. The third-order valence-corrected chi connectivity index (χ3v) is 5.24. The summed E-state index contributed by atoms with van der Waals surface area (Å²) in [6.45, 7) is 3.68. The number of carbonyl (C=O) groups excluding carboxylic acids is 1. The third-order valence-electron chi connectivity index (χ3n) is 5.24. The Balaban J connectivity index is 1.70. The molecule has 1 heterocycles. The van der Waals surface area contributed by atoms with Crippen molar-refractivity contribution < 1.29 is 9.53 Å². The van der Waals surface area contributed by atoms with Crippen molar-refractivity contribution in [3.63, 3.8) is 0 Å². The molecular weight excluding hydrogens is 292 g/mol. The lowest BCUT2D eigenvalue weighted by Crippen LogP contribution is -2.48. The number of esters is 1. The van der Waals surface area contributed by atoms with Crippen LogP contribution >= 0.6 is 0 Å². The van der Waals surface area contributed by atoms with Crippen LogP contribution in [-0.2, 0) is 9.53 Å². The first-order valence-corrected chi connectivity index (χ1v) is 8.89. The molecular formula is C17H32N4O2. The van der Waals surface area contributed by atoms with Crippen LogP contribution in [0.5, 0.6) is 0 Å². The van der Waals surface area contributed by atoms with Gasteiger partial charge in [-0.15, -0.1) is 0 Å². The predicted molar refractivity (Wildman–Crippen MR) is 92.6 cm³/mol. The minimum Gasteiger partial charge on any atom is -0.469 e. The highest BCUT2D eigenvalue weighted by Gasteiger charge is 2.27. The van der Waals surface area contributed by atoms with Crippen molar-refractivity contribution in [2.75, 3.05) is 47.4 Å². The van der Waals surface area contributed by atoms with E-state index in [-0.39, 0.29) is 11.9 Å². The van der Waals surface area contributed by atoms with Crippen molar-refractivity contribution in [3.05, 3.63) is 0 Å². The van der Waals surface area contributed by atoms with Crippen LogP contribution in [0.3, 0.4) is 0 Å². The number of guanidine groups is 1. The average molecular weight is 324 g/mol. The van der Waals surface area contributed by atoms with E-state index in [1.165, 1.54) is 32.8 Å². The van der Waals surface area contributed by atoms with Gasteiger partial charge in [0.15, 0.2) is 5.96 Å². The highest BCUT2D eigenvalue weighted by atomic mass is 16.5. The molecule has 0 atom stereocenters. The molecule has 1 aliphatic heterocycles. The van der Waals surface area contributed by atoms with Gasteiger partial charge in [0.2, 0.25) is 0 Å². The zero-order valence-electron chi connectivity index (χ0n) is 14.9. The molecule has 0 amide bonds. The van der Waals surface area contributed by atoms with E-state index in [4.69, 9.17) is 4.74 Å². The minimum absolute atomic E-state index is 0.0443. The van der Waals surface area contributed by atoms with Crippen LogP contribution in [-0.4, -0.2) is 75.2 Å². The second-order valence-corrected chi connectivity index (χ2v) is 6.68. The molecule has 2 fully saturated rings. The summed E-state index contributed by atoms with van der Waals surface area (Å²) in [6, 6.07) is 0.759. The average Bonchev–Trinajstić information content (AvgIpc) is 3.13. The summed E-state index contributed by atoms with van der Waals surface area (Å²) >= 11 is 0. The van der Waals surface area contributed by atoms with E-state index in [2.05, 4.69) is 27.2 Å². The van der Waals surface area contributed by atoms with Crippen molar-refractivity contribution in [1.82, 2.24) is 15.1 Å². The molecule has 132 valence electrons. The van der Waals surface area contributed by atoms with Gasteiger partial charge in [0, 0.05) is 39.3 Å². The molecule has 23 heavy (non-hydrogen) atoms. The number of hydrogen-bond donors (Lipinski definition) is 1. The molecule has 0 unspecified atom stereocenters. The van der Waals surface area contributed by atoms with Crippen LogP contribution in [0.15, 0.2) is 4.99 Å². The summed E-state index contributed by atoms with van der Waals surface area (Å²) in [5, 5.41) is 3.47. The number of rotatable bonds is 5. The fraction of sp³-hybridized carbons (Fsp3) is 0.882. The number of hydrogen-bond acceptors (Lipinski definition) is 4. The summed E-state index contributed by atoms with van der Waals surface area (Å²) < 4.78 is 4.84. The lowest BCUT2D eigenvalue weighted by Gasteiger charge is -2.33. The first-order chi connectivity index (χ1) is 11.2. The fourth-order valence-corrected chi connectivity index (χ4v) is 3.70. The summed E-state index contributed by atoms with van der Waals surface area (Å²) in [7, 11) is 5.52. The Morgan fingerprint density at radius 3 is 2.48 bits per heavy atom. The zero-order chi connectivity index (χ0) is 16.7. The number of carbonyl (C=O) groups is 1. The highest BCUT2D eigenvalue weighted by molar-refractivity contribution is 5.80. The van der Waals surface area contributed by atoms with Crippen LogP contribution < -0.4 is 5.32 Å². The van der Waals surface area contributed by atoms with Crippen LogP contribution in [0, 0.1) is 5.92 Å². The van der Waals surface area contributed by atoms with Gasteiger partial charge < -0.3 is 19.9 Å². The minimum atomic E-state index is -0.0780. The summed E-state index contributed by atoms with van der Waals surface area (Å²) in [4.78, 5) is 20.7. The predicted octanol–water partition coefficient (Wildman–Crippen LogP) is 1.32. The lowest BCUT2D eigenvalue weighted by atomic mass is 9.97. The molecule has 0 spiro atoms. The third kappa shape index (κ3) is 5.09. The largest absolute Gasteiger partial charge is 0.469 e. The van der Waals surface area contributed by atoms with Crippen molar-refractivity contribution in [1.29, 1.82) is 0 Å². The maximum atomic E-state index is 11.6. The highest BCUT2D eigenvalue weighted by Crippen LogP contribution is 2.22. The molecule has 2 rings (SSSR count). The number of methoxy groups -OCH3 is 1. The monoisotopic (exact) mass is 324 g/mol. The Kier molecular flexibility index (Phi) is 7.15.